The van der Waals surface area contributed by atoms with Crippen molar-refractivity contribution < 1.29 is 9.15 Å². The van der Waals surface area contributed by atoms with E-state index in [9.17, 15) is 0 Å². The molecule has 0 aliphatic rings. The van der Waals surface area contributed by atoms with E-state index in [-0.39, 0.29) is 6.04 Å². The third kappa shape index (κ3) is 2.80. The lowest BCUT2D eigenvalue weighted by Crippen LogP contribution is -2.17. The number of aryl methyl sites for hydroxylation is 2. The molecule has 0 saturated carbocycles. The van der Waals surface area contributed by atoms with E-state index in [0.717, 1.165) is 30.2 Å². The summed E-state index contributed by atoms with van der Waals surface area (Å²) in [5.41, 5.74) is 7.15. The van der Waals surface area contributed by atoms with Gasteiger partial charge in [0.1, 0.15) is 17.6 Å². The highest BCUT2D eigenvalue weighted by Crippen LogP contribution is 2.21. The van der Waals surface area contributed by atoms with Crippen LogP contribution in [0.5, 0.6) is 0 Å². The Morgan fingerprint density at radius 3 is 2.94 bits per heavy atom. The average molecular weight is 249 g/mol. The molecule has 2 aromatic rings. The number of hydrogen-bond donors (Lipinski definition) is 1. The van der Waals surface area contributed by atoms with Gasteiger partial charge >= 0.3 is 0 Å². The van der Waals surface area contributed by atoms with Crippen molar-refractivity contribution in [2.24, 2.45) is 5.73 Å². The van der Waals surface area contributed by atoms with Crippen molar-refractivity contribution >= 4 is 0 Å². The van der Waals surface area contributed by atoms with E-state index in [1.807, 2.05) is 29.8 Å². The zero-order chi connectivity index (χ0) is 13.0. The van der Waals surface area contributed by atoms with Crippen LogP contribution in [0.4, 0.5) is 0 Å². The number of rotatable bonds is 6. The summed E-state index contributed by atoms with van der Waals surface area (Å²) in [6.07, 6.45) is 2.67. The molecule has 98 valence electrons. The topological polar surface area (TPSA) is 66.2 Å². The lowest BCUT2D eigenvalue weighted by atomic mass is 10.1. The summed E-state index contributed by atoms with van der Waals surface area (Å²) in [6, 6.07) is 5.48. The van der Waals surface area contributed by atoms with Gasteiger partial charge in [-0.15, -0.1) is 0 Å². The van der Waals surface area contributed by atoms with E-state index in [0.29, 0.717) is 6.61 Å². The Balaban J connectivity index is 2.10. The fourth-order valence-corrected chi connectivity index (χ4v) is 1.92. The van der Waals surface area contributed by atoms with Crippen molar-refractivity contribution in [3.05, 3.63) is 41.6 Å². The van der Waals surface area contributed by atoms with Crippen LogP contribution in [0.3, 0.4) is 0 Å². The van der Waals surface area contributed by atoms with E-state index < -0.39 is 0 Å². The number of hydrogen-bond acceptors (Lipinski definition) is 4. The molecule has 0 radical (unpaired) electrons. The normalized spacial score (nSPS) is 12.8. The Hall–Kier alpha value is -1.59. The van der Waals surface area contributed by atoms with E-state index in [1.165, 1.54) is 0 Å². The standard InChI is InChI=1S/C13H19N3O2/c1-10-4-5-12(18-10)13(14)11-6-7-15-16(11)8-3-9-17-2/h4-7,13H,3,8-9,14H2,1-2H3. The van der Waals surface area contributed by atoms with Crippen LogP contribution in [0.25, 0.3) is 0 Å². The smallest absolute Gasteiger partial charge is 0.126 e. The van der Waals surface area contributed by atoms with E-state index >= 15 is 0 Å². The van der Waals surface area contributed by atoms with E-state index in [1.54, 1.807) is 13.3 Å². The molecule has 5 nitrogen and oxygen atoms in total. The van der Waals surface area contributed by atoms with Crippen LogP contribution >= 0.6 is 0 Å². The van der Waals surface area contributed by atoms with Crippen molar-refractivity contribution in [2.75, 3.05) is 13.7 Å². The van der Waals surface area contributed by atoms with Gasteiger partial charge in [0.15, 0.2) is 0 Å². The number of nitrogens with two attached hydrogens (primary N) is 1. The maximum atomic E-state index is 6.19. The third-order valence-electron chi connectivity index (χ3n) is 2.85. The van der Waals surface area contributed by atoms with Gasteiger partial charge < -0.3 is 14.9 Å². The Morgan fingerprint density at radius 1 is 1.44 bits per heavy atom. The summed E-state index contributed by atoms with van der Waals surface area (Å²) < 4.78 is 12.5. The van der Waals surface area contributed by atoms with Crippen molar-refractivity contribution in [1.29, 1.82) is 0 Å². The van der Waals surface area contributed by atoms with Gasteiger partial charge in [-0.25, -0.2) is 0 Å². The first-order valence-electron chi connectivity index (χ1n) is 6.05. The molecular weight excluding hydrogens is 230 g/mol. The van der Waals surface area contributed by atoms with E-state index in [2.05, 4.69) is 5.10 Å². The van der Waals surface area contributed by atoms with Crippen LogP contribution in [0.1, 0.15) is 29.7 Å². The minimum Gasteiger partial charge on any atom is -0.464 e. The summed E-state index contributed by atoms with van der Waals surface area (Å²) in [5.74, 6) is 1.63. The number of nitrogens with zero attached hydrogens (tertiary/aromatic N) is 2. The number of furan rings is 1. The zero-order valence-electron chi connectivity index (χ0n) is 10.8. The van der Waals surface area contributed by atoms with Crippen LogP contribution in [0, 0.1) is 6.92 Å². The fraction of sp³-hybridized carbons (Fsp3) is 0.462. The van der Waals surface area contributed by atoms with Gasteiger partial charge in [-0.3, -0.25) is 4.68 Å². The highest BCUT2D eigenvalue weighted by Gasteiger charge is 2.16. The Bertz CT molecular complexity index is 490. The fourth-order valence-electron chi connectivity index (χ4n) is 1.92. The highest BCUT2D eigenvalue weighted by atomic mass is 16.5. The lowest BCUT2D eigenvalue weighted by Gasteiger charge is -2.12. The molecule has 2 N–H and O–H groups in total. The molecule has 2 rings (SSSR count). The predicted molar refractivity (Wildman–Crippen MR) is 68.2 cm³/mol. The molecule has 2 heterocycles. The van der Waals surface area contributed by atoms with Crippen molar-refractivity contribution in [3.8, 4) is 0 Å². The Labute approximate surface area is 107 Å². The largest absolute Gasteiger partial charge is 0.464 e. The van der Waals surface area contributed by atoms with Gasteiger partial charge in [0.2, 0.25) is 0 Å². The lowest BCUT2D eigenvalue weighted by molar-refractivity contribution is 0.188. The quantitative estimate of drug-likeness (QED) is 0.794. The molecule has 5 heteroatoms. The van der Waals surface area contributed by atoms with E-state index in [4.69, 9.17) is 14.9 Å². The maximum absolute atomic E-state index is 6.19. The second kappa shape index (κ2) is 5.84. The molecule has 0 amide bonds. The summed E-state index contributed by atoms with van der Waals surface area (Å²) in [6.45, 7) is 3.42. The summed E-state index contributed by atoms with van der Waals surface area (Å²) >= 11 is 0. The molecule has 2 aromatic heterocycles. The second-order valence-corrected chi connectivity index (χ2v) is 4.25. The first-order valence-corrected chi connectivity index (χ1v) is 6.05. The van der Waals surface area contributed by atoms with Crippen molar-refractivity contribution in [1.82, 2.24) is 9.78 Å². The van der Waals surface area contributed by atoms with Crippen LogP contribution in [-0.2, 0) is 11.3 Å². The molecule has 0 fully saturated rings. The Morgan fingerprint density at radius 2 is 2.28 bits per heavy atom. The van der Waals surface area contributed by atoms with Crippen molar-refractivity contribution in [2.45, 2.75) is 25.9 Å². The van der Waals surface area contributed by atoms with Crippen LogP contribution < -0.4 is 5.73 Å². The third-order valence-corrected chi connectivity index (χ3v) is 2.85. The molecular formula is C13H19N3O2. The minimum atomic E-state index is -0.274. The SMILES string of the molecule is COCCCn1nccc1C(N)c1ccc(C)o1. The summed E-state index contributed by atoms with van der Waals surface area (Å²) in [5, 5.41) is 4.28. The van der Waals surface area contributed by atoms with Gasteiger partial charge in [0.25, 0.3) is 0 Å². The van der Waals surface area contributed by atoms with Crippen molar-refractivity contribution in [3.63, 3.8) is 0 Å². The molecule has 0 aliphatic carbocycles. The van der Waals surface area contributed by atoms with Crippen LogP contribution in [0.15, 0.2) is 28.8 Å². The molecule has 0 bridgehead atoms. The first kappa shape index (κ1) is 12.9. The number of aromatic nitrogens is 2. The molecule has 0 saturated heterocycles. The number of methoxy groups -OCH3 is 1. The average Bonchev–Trinajstić information content (AvgIpc) is 2.97. The van der Waals surface area contributed by atoms with Gasteiger partial charge in [0, 0.05) is 26.5 Å². The number of ether oxygens (including phenoxy) is 1. The monoisotopic (exact) mass is 249 g/mol. The minimum absolute atomic E-state index is 0.274. The molecule has 18 heavy (non-hydrogen) atoms. The second-order valence-electron chi connectivity index (χ2n) is 4.25. The van der Waals surface area contributed by atoms with Gasteiger partial charge in [-0.05, 0) is 31.5 Å². The highest BCUT2D eigenvalue weighted by molar-refractivity contribution is 5.20. The molecule has 0 aromatic carbocycles. The van der Waals surface area contributed by atoms with Gasteiger partial charge in [0.05, 0.1) is 5.69 Å². The molecule has 1 atom stereocenters. The van der Waals surface area contributed by atoms with Gasteiger partial charge in [-0.1, -0.05) is 0 Å². The maximum Gasteiger partial charge on any atom is 0.126 e. The van der Waals surface area contributed by atoms with Crippen LogP contribution in [0.2, 0.25) is 0 Å². The first-order chi connectivity index (χ1) is 8.72. The Kier molecular flexibility index (Phi) is 4.17. The van der Waals surface area contributed by atoms with Gasteiger partial charge in [-0.2, -0.15) is 5.10 Å². The van der Waals surface area contributed by atoms with Crippen LogP contribution in [-0.4, -0.2) is 23.5 Å². The summed E-state index contributed by atoms with van der Waals surface area (Å²) in [7, 11) is 1.70. The summed E-state index contributed by atoms with van der Waals surface area (Å²) in [4.78, 5) is 0. The molecule has 0 aliphatic heterocycles. The molecule has 1 unspecified atom stereocenters. The zero-order valence-corrected chi connectivity index (χ0v) is 10.8. The predicted octanol–water partition coefficient (Wildman–Crippen LogP) is 1.87. The molecule has 0 spiro atoms.